The second-order valence-corrected chi connectivity index (χ2v) is 9.10. The molecule has 1 saturated heterocycles. The molecule has 2 aromatic rings. The number of carbonyl (C=O) groups is 1. The number of benzene rings is 2. The Hall–Kier alpha value is -1.78. The highest BCUT2D eigenvalue weighted by Crippen LogP contribution is 2.31. The Morgan fingerprint density at radius 3 is 2.38 bits per heavy atom. The molecule has 156 valence electrons. The minimum atomic E-state index is -3.81. The zero-order valence-corrected chi connectivity index (χ0v) is 17.4. The fourth-order valence-electron chi connectivity index (χ4n) is 2.93. The maximum Gasteiger partial charge on any atom is 0.244 e. The molecule has 0 unspecified atom stereocenters. The van der Waals surface area contributed by atoms with E-state index in [-0.39, 0.29) is 40.3 Å². The smallest absolute Gasteiger partial charge is 0.244 e. The van der Waals surface area contributed by atoms with Crippen LogP contribution in [0.2, 0.25) is 10.0 Å². The minimum absolute atomic E-state index is 0.00912. The molecule has 3 rings (SSSR count). The molecule has 2 aromatic carbocycles. The molecular formula is C18H17Cl2F2N3O3S. The fourth-order valence-corrected chi connectivity index (χ4v) is 5.09. The first-order chi connectivity index (χ1) is 13.7. The molecule has 1 fully saturated rings. The van der Waals surface area contributed by atoms with E-state index in [1.807, 2.05) is 0 Å². The largest absolute Gasteiger partial charge is 0.325 e. The lowest BCUT2D eigenvalue weighted by molar-refractivity contribution is -0.117. The minimum Gasteiger partial charge on any atom is -0.325 e. The number of carbonyl (C=O) groups excluding carboxylic acids is 1. The van der Waals surface area contributed by atoms with Crippen LogP contribution in [0.4, 0.5) is 14.5 Å². The average molecular weight is 464 g/mol. The van der Waals surface area contributed by atoms with Crippen molar-refractivity contribution in [3.63, 3.8) is 0 Å². The number of amides is 1. The van der Waals surface area contributed by atoms with Gasteiger partial charge in [-0.3, -0.25) is 9.69 Å². The van der Waals surface area contributed by atoms with E-state index in [2.05, 4.69) is 5.32 Å². The Morgan fingerprint density at radius 2 is 1.72 bits per heavy atom. The van der Waals surface area contributed by atoms with Crippen molar-refractivity contribution in [1.82, 2.24) is 9.21 Å². The number of hydrogen-bond donors (Lipinski definition) is 1. The molecule has 1 heterocycles. The molecule has 0 aromatic heterocycles. The first kappa shape index (κ1) is 21.9. The molecule has 1 aliphatic rings. The Bertz CT molecular complexity index is 1030. The van der Waals surface area contributed by atoms with E-state index >= 15 is 0 Å². The van der Waals surface area contributed by atoms with Gasteiger partial charge >= 0.3 is 0 Å². The number of anilines is 1. The molecule has 0 spiro atoms. The van der Waals surface area contributed by atoms with Crippen LogP contribution in [0.25, 0.3) is 0 Å². The van der Waals surface area contributed by atoms with Gasteiger partial charge in [-0.15, -0.1) is 0 Å². The van der Waals surface area contributed by atoms with Crippen molar-refractivity contribution in [1.29, 1.82) is 0 Å². The lowest BCUT2D eigenvalue weighted by Crippen LogP contribution is -2.50. The molecule has 0 aliphatic carbocycles. The van der Waals surface area contributed by atoms with Gasteiger partial charge in [0.1, 0.15) is 4.90 Å². The van der Waals surface area contributed by atoms with Crippen molar-refractivity contribution in [2.45, 2.75) is 4.90 Å². The van der Waals surface area contributed by atoms with Crippen molar-refractivity contribution >= 4 is 44.8 Å². The van der Waals surface area contributed by atoms with Gasteiger partial charge in [0.05, 0.1) is 16.6 Å². The van der Waals surface area contributed by atoms with Crippen molar-refractivity contribution in [2.24, 2.45) is 0 Å². The van der Waals surface area contributed by atoms with Crippen LogP contribution in [0.1, 0.15) is 0 Å². The van der Waals surface area contributed by atoms with Gasteiger partial charge in [0, 0.05) is 37.9 Å². The predicted octanol–water partition coefficient (Wildman–Crippen LogP) is 3.22. The molecule has 0 atom stereocenters. The van der Waals surface area contributed by atoms with E-state index in [4.69, 9.17) is 23.2 Å². The molecule has 1 amide bonds. The number of sulfonamides is 1. The van der Waals surface area contributed by atoms with Crippen molar-refractivity contribution in [3.8, 4) is 0 Å². The molecule has 0 saturated carbocycles. The zero-order valence-electron chi connectivity index (χ0n) is 15.0. The Labute approximate surface area is 177 Å². The number of piperazine rings is 1. The van der Waals surface area contributed by atoms with Gasteiger partial charge in [-0.25, -0.2) is 17.2 Å². The van der Waals surface area contributed by atoms with E-state index in [0.29, 0.717) is 13.1 Å². The highest BCUT2D eigenvalue weighted by molar-refractivity contribution is 7.89. The monoisotopic (exact) mass is 463 g/mol. The lowest BCUT2D eigenvalue weighted by Gasteiger charge is -2.33. The maximum atomic E-state index is 13.2. The fraction of sp³-hybridized carbons (Fsp3) is 0.278. The Morgan fingerprint density at radius 1 is 1.03 bits per heavy atom. The van der Waals surface area contributed by atoms with Crippen molar-refractivity contribution in [2.75, 3.05) is 38.0 Å². The summed E-state index contributed by atoms with van der Waals surface area (Å²) in [5.74, 6) is -2.47. The van der Waals surface area contributed by atoms with Crippen LogP contribution < -0.4 is 5.32 Å². The summed E-state index contributed by atoms with van der Waals surface area (Å²) >= 11 is 12.0. The van der Waals surface area contributed by atoms with E-state index in [0.717, 1.165) is 12.1 Å². The summed E-state index contributed by atoms with van der Waals surface area (Å²) in [6.07, 6.45) is 0. The maximum absolute atomic E-state index is 13.2. The number of nitrogens with zero attached hydrogens (tertiary/aromatic N) is 2. The molecule has 1 aliphatic heterocycles. The van der Waals surface area contributed by atoms with Gasteiger partial charge in [0.25, 0.3) is 0 Å². The highest BCUT2D eigenvalue weighted by atomic mass is 35.5. The summed E-state index contributed by atoms with van der Waals surface area (Å²) in [6, 6.07) is 7.50. The molecule has 0 bridgehead atoms. The molecule has 6 nitrogen and oxygen atoms in total. The van der Waals surface area contributed by atoms with Gasteiger partial charge < -0.3 is 5.32 Å². The van der Waals surface area contributed by atoms with Crippen LogP contribution in [0, 0.1) is 11.6 Å². The van der Waals surface area contributed by atoms with Crippen LogP contribution in [0.15, 0.2) is 41.3 Å². The second-order valence-electron chi connectivity index (χ2n) is 6.41. The van der Waals surface area contributed by atoms with E-state index in [1.54, 1.807) is 4.90 Å². The third kappa shape index (κ3) is 5.04. The van der Waals surface area contributed by atoms with Gasteiger partial charge in [-0.1, -0.05) is 29.3 Å². The van der Waals surface area contributed by atoms with Gasteiger partial charge in [-0.2, -0.15) is 4.31 Å². The van der Waals surface area contributed by atoms with E-state index < -0.39 is 27.6 Å². The standard InChI is InChI=1S/C18H17Cl2F2N3O3S/c19-13-2-1-3-16(18(13)20)29(27,28)25-8-6-24(7-9-25)11-17(26)23-12-4-5-14(21)15(22)10-12/h1-5,10H,6-9,11H2,(H,23,26). The van der Waals surface area contributed by atoms with Crippen LogP contribution in [-0.2, 0) is 14.8 Å². The summed E-state index contributed by atoms with van der Waals surface area (Å²) < 4.78 is 53.1. The summed E-state index contributed by atoms with van der Waals surface area (Å²) in [4.78, 5) is 13.8. The van der Waals surface area contributed by atoms with Crippen molar-refractivity contribution < 1.29 is 22.0 Å². The van der Waals surface area contributed by atoms with E-state index in [9.17, 15) is 22.0 Å². The summed E-state index contributed by atoms with van der Waals surface area (Å²) in [5.41, 5.74) is 0.144. The Kier molecular flexibility index (Phi) is 6.75. The molecular weight excluding hydrogens is 447 g/mol. The summed E-state index contributed by atoms with van der Waals surface area (Å²) in [7, 11) is -3.81. The topological polar surface area (TPSA) is 69.7 Å². The highest BCUT2D eigenvalue weighted by Gasteiger charge is 2.31. The summed E-state index contributed by atoms with van der Waals surface area (Å²) in [6.45, 7) is 0.975. The van der Waals surface area contributed by atoms with Crippen molar-refractivity contribution in [3.05, 3.63) is 58.1 Å². The first-order valence-electron chi connectivity index (χ1n) is 8.60. The van der Waals surface area contributed by atoms with E-state index in [1.165, 1.54) is 28.6 Å². The molecule has 11 heteroatoms. The quantitative estimate of drug-likeness (QED) is 0.738. The van der Waals surface area contributed by atoms with Crippen LogP contribution in [-0.4, -0.2) is 56.3 Å². The van der Waals surface area contributed by atoms with Crippen LogP contribution in [0.5, 0.6) is 0 Å². The van der Waals surface area contributed by atoms with Crippen LogP contribution in [0.3, 0.4) is 0 Å². The predicted molar refractivity (Wildman–Crippen MR) is 107 cm³/mol. The number of nitrogens with one attached hydrogen (secondary N) is 1. The number of hydrogen-bond acceptors (Lipinski definition) is 4. The zero-order chi connectivity index (χ0) is 21.2. The first-order valence-corrected chi connectivity index (χ1v) is 10.8. The number of halogens is 4. The third-order valence-corrected chi connectivity index (χ3v) is 7.31. The average Bonchev–Trinajstić information content (AvgIpc) is 2.67. The lowest BCUT2D eigenvalue weighted by atomic mass is 10.3. The SMILES string of the molecule is O=C(CN1CCN(S(=O)(=O)c2cccc(Cl)c2Cl)CC1)Nc1ccc(F)c(F)c1. The second kappa shape index (κ2) is 8.93. The van der Waals surface area contributed by atoms with Gasteiger partial charge in [0.2, 0.25) is 15.9 Å². The normalized spacial score (nSPS) is 16.0. The summed E-state index contributed by atoms with van der Waals surface area (Å²) in [5, 5.41) is 2.61. The third-order valence-electron chi connectivity index (χ3n) is 4.44. The van der Waals surface area contributed by atoms with Gasteiger partial charge in [0.15, 0.2) is 11.6 Å². The molecule has 1 N–H and O–H groups in total. The number of rotatable bonds is 5. The Balaban J connectivity index is 1.58. The van der Waals surface area contributed by atoms with Crippen LogP contribution >= 0.6 is 23.2 Å². The molecule has 0 radical (unpaired) electrons. The molecule has 29 heavy (non-hydrogen) atoms. The van der Waals surface area contributed by atoms with Gasteiger partial charge in [-0.05, 0) is 24.3 Å².